The highest BCUT2D eigenvalue weighted by molar-refractivity contribution is 5.75. The Balaban J connectivity index is 1.50. The van der Waals surface area contributed by atoms with Crippen molar-refractivity contribution in [3.63, 3.8) is 0 Å². The second kappa shape index (κ2) is 14.5. The first-order valence-corrected chi connectivity index (χ1v) is 19.0. The van der Waals surface area contributed by atoms with Crippen LogP contribution in [0.4, 0.5) is 0 Å². The Bertz CT molecular complexity index is 903. The van der Waals surface area contributed by atoms with Crippen molar-refractivity contribution in [1.29, 1.82) is 0 Å². The summed E-state index contributed by atoms with van der Waals surface area (Å²) in [5.41, 5.74) is 2.00. The number of hydrogen-bond donors (Lipinski definition) is 1. The minimum atomic E-state index is -0.516. The van der Waals surface area contributed by atoms with E-state index in [0.29, 0.717) is 16.7 Å². The van der Waals surface area contributed by atoms with Crippen LogP contribution >= 0.6 is 0 Å². The normalized spacial score (nSPS) is 36.5. The van der Waals surface area contributed by atoms with Crippen molar-refractivity contribution in [3.8, 4) is 0 Å². The van der Waals surface area contributed by atoms with Crippen molar-refractivity contribution in [2.75, 3.05) is 0 Å². The molecular formula is C40H70O2. The molecule has 0 heterocycles. The maximum absolute atomic E-state index is 13.2. The predicted molar refractivity (Wildman–Crippen MR) is 180 cm³/mol. The van der Waals surface area contributed by atoms with Gasteiger partial charge < -0.3 is 5.11 Å². The average molecular weight is 583 g/mol. The third-order valence-electron chi connectivity index (χ3n) is 14.2. The first kappa shape index (κ1) is 34.1. The largest absolute Gasteiger partial charge is 0.481 e. The zero-order valence-corrected chi connectivity index (χ0v) is 29.1. The number of aliphatic carboxylic acids is 1. The fraction of sp³-hybridized carbons (Fsp3) is 0.925. The molecule has 2 heteroatoms. The summed E-state index contributed by atoms with van der Waals surface area (Å²) in [7, 11) is 0. The fourth-order valence-corrected chi connectivity index (χ4v) is 11.6. The van der Waals surface area contributed by atoms with Gasteiger partial charge in [-0.1, -0.05) is 124 Å². The van der Waals surface area contributed by atoms with E-state index in [1.165, 1.54) is 89.9 Å². The van der Waals surface area contributed by atoms with Gasteiger partial charge in [0.15, 0.2) is 0 Å². The second-order valence-electron chi connectivity index (χ2n) is 17.0. The van der Waals surface area contributed by atoms with Crippen LogP contribution in [-0.4, -0.2) is 11.1 Å². The van der Waals surface area contributed by atoms with Gasteiger partial charge >= 0.3 is 5.97 Å². The molecule has 0 saturated heterocycles. The molecule has 0 aliphatic heterocycles. The molecule has 4 rings (SSSR count). The van der Waals surface area contributed by atoms with Crippen molar-refractivity contribution in [3.05, 3.63) is 11.6 Å². The Morgan fingerprint density at radius 1 is 0.881 bits per heavy atom. The molecule has 0 aromatic rings. The summed E-state index contributed by atoms with van der Waals surface area (Å²) in [5.74, 6) is 5.01. The summed E-state index contributed by atoms with van der Waals surface area (Å²) in [6, 6.07) is 0. The van der Waals surface area contributed by atoms with Crippen molar-refractivity contribution in [1.82, 2.24) is 0 Å². The summed E-state index contributed by atoms with van der Waals surface area (Å²) in [6.45, 7) is 17.2. The molecule has 4 aliphatic carbocycles. The molecule has 9 atom stereocenters. The number of carboxylic acids is 1. The van der Waals surface area contributed by atoms with Crippen LogP contribution < -0.4 is 0 Å². The van der Waals surface area contributed by atoms with Crippen LogP contribution in [-0.2, 0) is 4.79 Å². The minimum Gasteiger partial charge on any atom is -0.481 e. The number of carboxylic acid groups (broad SMARTS) is 1. The van der Waals surface area contributed by atoms with E-state index < -0.39 is 11.4 Å². The van der Waals surface area contributed by atoms with Gasteiger partial charge in [0, 0.05) is 0 Å². The Morgan fingerprint density at radius 2 is 1.57 bits per heavy atom. The molecule has 0 spiro atoms. The van der Waals surface area contributed by atoms with Crippen molar-refractivity contribution >= 4 is 5.97 Å². The van der Waals surface area contributed by atoms with Crippen LogP contribution in [0.2, 0.25) is 0 Å². The second-order valence-corrected chi connectivity index (χ2v) is 17.0. The van der Waals surface area contributed by atoms with Crippen LogP contribution in [0.5, 0.6) is 0 Å². The molecule has 3 fully saturated rings. The maximum Gasteiger partial charge on any atom is 0.309 e. The molecule has 242 valence electrons. The number of hydrogen-bond acceptors (Lipinski definition) is 1. The summed E-state index contributed by atoms with van der Waals surface area (Å²) >= 11 is 0. The molecule has 3 saturated carbocycles. The maximum atomic E-state index is 13.2. The zero-order valence-electron chi connectivity index (χ0n) is 29.1. The van der Waals surface area contributed by atoms with E-state index in [-0.39, 0.29) is 0 Å². The van der Waals surface area contributed by atoms with Gasteiger partial charge in [0.2, 0.25) is 0 Å². The van der Waals surface area contributed by atoms with Gasteiger partial charge in [0.25, 0.3) is 0 Å². The molecule has 0 radical (unpaired) electrons. The fourth-order valence-electron chi connectivity index (χ4n) is 11.6. The van der Waals surface area contributed by atoms with Crippen molar-refractivity contribution in [2.45, 2.75) is 177 Å². The lowest BCUT2D eigenvalue weighted by Gasteiger charge is -2.59. The SMILES string of the molecule is CCCCCCC(CCCCC)(C(=O)O)C1CC[C@@]2(C)C(=CCC3C2CC[C@@]2(C)C3CC[C@@H]2[C@H](C)CCCC(C)C)C1. The Kier molecular flexibility index (Phi) is 11.8. The Hall–Kier alpha value is -0.790. The minimum absolute atomic E-state index is 0.303. The Morgan fingerprint density at radius 3 is 2.24 bits per heavy atom. The quantitative estimate of drug-likeness (QED) is 0.145. The van der Waals surface area contributed by atoms with Crippen LogP contribution in [0.3, 0.4) is 0 Å². The van der Waals surface area contributed by atoms with Gasteiger partial charge in [-0.05, 0) is 116 Å². The van der Waals surface area contributed by atoms with E-state index in [1.807, 2.05) is 0 Å². The molecule has 5 unspecified atom stereocenters. The first-order valence-electron chi connectivity index (χ1n) is 19.0. The number of carbonyl (C=O) groups is 1. The highest BCUT2D eigenvalue weighted by Gasteiger charge is 2.60. The monoisotopic (exact) mass is 583 g/mol. The number of rotatable bonds is 16. The molecule has 0 amide bonds. The van der Waals surface area contributed by atoms with E-state index in [2.05, 4.69) is 54.5 Å². The van der Waals surface area contributed by atoms with Gasteiger partial charge in [-0.15, -0.1) is 0 Å². The molecule has 2 nitrogen and oxygen atoms in total. The third kappa shape index (κ3) is 6.73. The summed E-state index contributed by atoms with van der Waals surface area (Å²) in [4.78, 5) is 13.2. The van der Waals surface area contributed by atoms with E-state index in [1.54, 1.807) is 5.57 Å². The standard InChI is InChI=1S/C40H70O2/c1-8-10-12-14-25-40(37(41)42,24-13-11-9-2)32-22-26-38(6)31(28-32)18-19-33-35-21-20-34(30(5)17-15-16-29(3)4)39(35,7)27-23-36(33)38/h18,29-30,32-36H,8-17,19-28H2,1-7H3,(H,41,42)/t30-,32?,33?,34-,35?,36?,38+,39-,40?/m1/s1. The highest BCUT2D eigenvalue weighted by Crippen LogP contribution is 2.68. The summed E-state index contributed by atoms with van der Waals surface area (Å²) in [6.07, 6.45) is 27.2. The average Bonchev–Trinajstić information content (AvgIpc) is 3.31. The lowest BCUT2D eigenvalue weighted by atomic mass is 9.45. The molecule has 0 bridgehead atoms. The molecule has 1 N–H and O–H groups in total. The molecular weight excluding hydrogens is 512 g/mol. The molecule has 0 aromatic heterocycles. The van der Waals surface area contributed by atoms with Gasteiger partial charge in [-0.2, -0.15) is 0 Å². The lowest BCUT2D eigenvalue weighted by molar-refractivity contribution is -0.156. The first-order chi connectivity index (χ1) is 20.0. The van der Waals surface area contributed by atoms with Gasteiger partial charge in [-0.25, -0.2) is 0 Å². The van der Waals surface area contributed by atoms with Crippen LogP contribution in [0.25, 0.3) is 0 Å². The number of unbranched alkanes of at least 4 members (excludes halogenated alkanes) is 5. The smallest absolute Gasteiger partial charge is 0.309 e. The predicted octanol–water partition coefficient (Wildman–Crippen LogP) is 12.3. The van der Waals surface area contributed by atoms with E-state index >= 15 is 0 Å². The van der Waals surface area contributed by atoms with Crippen LogP contribution in [0.15, 0.2) is 11.6 Å². The van der Waals surface area contributed by atoms with Crippen molar-refractivity contribution < 1.29 is 9.90 Å². The summed E-state index contributed by atoms with van der Waals surface area (Å²) in [5, 5.41) is 10.8. The van der Waals surface area contributed by atoms with Crippen molar-refractivity contribution in [2.24, 2.45) is 57.7 Å². The highest BCUT2D eigenvalue weighted by atomic mass is 16.4. The molecule has 42 heavy (non-hydrogen) atoms. The molecule has 4 aliphatic rings. The van der Waals surface area contributed by atoms with Crippen LogP contribution in [0, 0.1) is 57.7 Å². The van der Waals surface area contributed by atoms with E-state index in [9.17, 15) is 9.90 Å². The number of allylic oxidation sites excluding steroid dienone is 2. The summed E-state index contributed by atoms with van der Waals surface area (Å²) < 4.78 is 0. The topological polar surface area (TPSA) is 37.3 Å². The zero-order chi connectivity index (χ0) is 30.5. The Labute approximate surface area is 261 Å². The van der Waals surface area contributed by atoms with E-state index in [0.717, 1.165) is 74.0 Å². The van der Waals surface area contributed by atoms with Gasteiger partial charge in [0.1, 0.15) is 0 Å². The van der Waals surface area contributed by atoms with E-state index in [4.69, 9.17) is 0 Å². The third-order valence-corrected chi connectivity index (χ3v) is 14.2. The lowest BCUT2D eigenvalue weighted by Crippen LogP contribution is -2.52. The number of fused-ring (bicyclic) bond motifs is 5. The van der Waals surface area contributed by atoms with Gasteiger partial charge in [-0.3, -0.25) is 4.79 Å². The van der Waals surface area contributed by atoms with Crippen LogP contribution in [0.1, 0.15) is 177 Å². The van der Waals surface area contributed by atoms with Gasteiger partial charge in [0.05, 0.1) is 5.41 Å². The molecule has 0 aromatic carbocycles.